The third-order valence-corrected chi connectivity index (χ3v) is 6.78. The van der Waals surface area contributed by atoms with Crippen molar-refractivity contribution >= 4 is 32.5 Å². The predicted octanol–water partition coefficient (Wildman–Crippen LogP) is 2.76. The van der Waals surface area contributed by atoms with Crippen LogP contribution in [0.15, 0.2) is 0 Å². The Hall–Kier alpha value is -0.493. The van der Waals surface area contributed by atoms with E-state index in [2.05, 4.69) is 43.3 Å². The third-order valence-electron chi connectivity index (χ3n) is 3.57. The number of hydrogen-bond acceptors (Lipinski definition) is 3. The van der Waals surface area contributed by atoms with Crippen LogP contribution in [-0.2, 0) is 9.59 Å². The van der Waals surface area contributed by atoms with Gasteiger partial charge in [-0.2, -0.15) is 12.6 Å². The van der Waals surface area contributed by atoms with Crippen molar-refractivity contribution in [1.82, 2.24) is 10.6 Å². The van der Waals surface area contributed by atoms with E-state index in [4.69, 9.17) is 0 Å². The zero-order valence-electron chi connectivity index (χ0n) is 14.0. The summed E-state index contributed by atoms with van der Waals surface area (Å²) in [5.41, 5.74) is 0. The Kier molecular flexibility index (Phi) is 10.9. The van der Waals surface area contributed by atoms with E-state index in [1.54, 1.807) is 0 Å². The van der Waals surface area contributed by atoms with E-state index in [-0.39, 0.29) is 11.8 Å². The van der Waals surface area contributed by atoms with E-state index >= 15 is 0 Å². The Morgan fingerprint density at radius 2 is 1.76 bits per heavy atom. The minimum atomic E-state index is -1.39. The average Bonchev–Trinajstić information content (AvgIpc) is 2.41. The second-order valence-electron chi connectivity index (χ2n) is 6.48. The smallest absolute Gasteiger partial charge is 0.243 e. The van der Waals surface area contributed by atoms with Crippen LogP contribution in [-0.4, -0.2) is 37.9 Å². The first kappa shape index (κ1) is 20.5. The summed E-state index contributed by atoms with van der Waals surface area (Å²) >= 11 is 4.12. The van der Waals surface area contributed by atoms with E-state index in [9.17, 15) is 9.59 Å². The summed E-state index contributed by atoms with van der Waals surface area (Å²) < 4.78 is 0. The van der Waals surface area contributed by atoms with E-state index in [0.29, 0.717) is 5.75 Å². The summed E-state index contributed by atoms with van der Waals surface area (Å²) in [6.45, 7) is 8.25. The number of rotatable bonds is 11. The summed E-state index contributed by atoms with van der Waals surface area (Å²) in [6, 6.07) is 0.711. The maximum atomic E-state index is 12.0. The molecular weight excluding hydrogens is 300 g/mol. The number of carbonyl (C=O) groups is 2. The second-order valence-corrected chi connectivity index (χ2v) is 12.0. The molecule has 0 fully saturated rings. The third kappa shape index (κ3) is 10.8. The molecule has 0 aromatic heterocycles. The largest absolute Gasteiger partial charge is 0.357 e. The zero-order valence-corrected chi connectivity index (χ0v) is 15.9. The van der Waals surface area contributed by atoms with Gasteiger partial charge in [-0.25, -0.2) is 0 Å². The van der Waals surface area contributed by atoms with E-state index in [1.807, 2.05) is 0 Å². The van der Waals surface area contributed by atoms with Crippen LogP contribution in [0, 0.1) is 0 Å². The summed E-state index contributed by atoms with van der Waals surface area (Å²) in [7, 11) is -1.39. The monoisotopic (exact) mass is 332 g/mol. The molecule has 2 N–H and O–H groups in total. The highest BCUT2D eigenvalue weighted by Crippen LogP contribution is 2.15. The second kappa shape index (κ2) is 11.1. The summed E-state index contributed by atoms with van der Waals surface area (Å²) in [5.74, 6) is 0.00752. The first-order valence-electron chi connectivity index (χ1n) is 7.98. The highest BCUT2D eigenvalue weighted by molar-refractivity contribution is 7.80. The van der Waals surface area contributed by atoms with Crippen LogP contribution in [0.25, 0.3) is 0 Å². The summed E-state index contributed by atoms with van der Waals surface area (Å²) in [5, 5.41) is 5.61. The average molecular weight is 333 g/mol. The fourth-order valence-electron chi connectivity index (χ4n) is 2.18. The van der Waals surface area contributed by atoms with Crippen molar-refractivity contribution in [3.05, 3.63) is 0 Å². The van der Waals surface area contributed by atoms with Crippen LogP contribution in [0.5, 0.6) is 0 Å². The van der Waals surface area contributed by atoms with Gasteiger partial charge in [-0.1, -0.05) is 58.2 Å². The van der Waals surface area contributed by atoms with Gasteiger partial charge in [0.15, 0.2) is 0 Å². The molecule has 2 amide bonds. The molecule has 4 nitrogen and oxygen atoms in total. The van der Waals surface area contributed by atoms with Gasteiger partial charge in [0, 0.05) is 18.8 Å². The molecule has 0 saturated heterocycles. The van der Waals surface area contributed by atoms with Crippen molar-refractivity contribution in [2.45, 2.75) is 71.1 Å². The molecule has 0 saturated carbocycles. The molecular formula is C15H32N2O2SSi. The zero-order chi connectivity index (χ0) is 16.3. The highest BCUT2D eigenvalue weighted by Gasteiger charge is 2.24. The molecule has 0 heterocycles. The van der Waals surface area contributed by atoms with Crippen molar-refractivity contribution in [2.75, 3.05) is 11.9 Å². The van der Waals surface area contributed by atoms with Crippen molar-refractivity contribution in [3.8, 4) is 0 Å². The molecule has 21 heavy (non-hydrogen) atoms. The number of carbonyl (C=O) groups excluding carboxylic acids is 2. The molecule has 0 rings (SSSR count). The molecule has 0 aliphatic carbocycles. The molecule has 0 bridgehead atoms. The lowest BCUT2D eigenvalue weighted by molar-refractivity contribution is -0.127. The lowest BCUT2D eigenvalue weighted by atomic mass is 10.2. The van der Waals surface area contributed by atoms with Crippen LogP contribution >= 0.6 is 12.6 Å². The molecule has 1 unspecified atom stereocenters. The van der Waals surface area contributed by atoms with E-state index < -0.39 is 14.1 Å². The summed E-state index contributed by atoms with van der Waals surface area (Å²) in [6.07, 6.45) is 7.23. The molecule has 1 atom stereocenters. The topological polar surface area (TPSA) is 58.2 Å². The Morgan fingerprint density at radius 3 is 2.29 bits per heavy atom. The fraction of sp³-hybridized carbons (Fsp3) is 0.867. The maximum absolute atomic E-state index is 12.0. The Labute approximate surface area is 136 Å². The number of thiol groups is 1. The van der Waals surface area contributed by atoms with E-state index in [0.717, 1.165) is 6.17 Å². The van der Waals surface area contributed by atoms with Gasteiger partial charge in [-0.3, -0.25) is 9.59 Å². The van der Waals surface area contributed by atoms with Crippen molar-refractivity contribution in [1.29, 1.82) is 0 Å². The van der Waals surface area contributed by atoms with Gasteiger partial charge in [0.25, 0.3) is 0 Å². The van der Waals surface area contributed by atoms with Gasteiger partial charge < -0.3 is 10.6 Å². The minimum absolute atomic E-state index is 0.119. The Morgan fingerprint density at radius 1 is 1.14 bits per heavy atom. The van der Waals surface area contributed by atoms with Gasteiger partial charge in [-0.15, -0.1) is 0 Å². The lowest BCUT2D eigenvalue weighted by Gasteiger charge is -2.24. The number of nitrogens with one attached hydrogen (secondary N) is 2. The highest BCUT2D eigenvalue weighted by atomic mass is 32.1. The Balaban J connectivity index is 4.04. The van der Waals surface area contributed by atoms with Crippen molar-refractivity contribution < 1.29 is 9.59 Å². The molecule has 0 aliphatic heterocycles. The molecule has 0 aromatic rings. The Bertz CT molecular complexity index is 325. The molecule has 0 spiro atoms. The normalized spacial score (nSPS) is 12.8. The van der Waals surface area contributed by atoms with Gasteiger partial charge in [0.1, 0.15) is 6.04 Å². The SMILES string of the molecule is CCCCCCC[Si](C)(C)CNC(=O)C(CS)NC(C)=O. The van der Waals surface area contributed by atoms with Crippen LogP contribution < -0.4 is 10.6 Å². The molecule has 0 aromatic carbocycles. The van der Waals surface area contributed by atoms with Crippen LogP contribution in [0.2, 0.25) is 19.1 Å². The minimum Gasteiger partial charge on any atom is -0.357 e. The van der Waals surface area contributed by atoms with Gasteiger partial charge >= 0.3 is 0 Å². The first-order chi connectivity index (χ1) is 9.82. The predicted molar refractivity (Wildman–Crippen MR) is 95.5 cm³/mol. The quantitative estimate of drug-likeness (QED) is 0.309. The number of unbranched alkanes of at least 4 members (excludes halogenated alkanes) is 4. The van der Waals surface area contributed by atoms with Crippen LogP contribution in [0.4, 0.5) is 0 Å². The van der Waals surface area contributed by atoms with E-state index in [1.165, 1.54) is 45.1 Å². The van der Waals surface area contributed by atoms with Crippen molar-refractivity contribution in [3.63, 3.8) is 0 Å². The van der Waals surface area contributed by atoms with Gasteiger partial charge in [0.2, 0.25) is 11.8 Å². The van der Waals surface area contributed by atoms with Crippen LogP contribution in [0.3, 0.4) is 0 Å². The standard InChI is InChI=1S/C15H32N2O2SSi/c1-5-6-7-8-9-10-21(3,4)12-16-15(19)14(11-20)17-13(2)18/h14,20H,5-12H2,1-4H3,(H,16,19)(H,17,18). The van der Waals surface area contributed by atoms with Crippen molar-refractivity contribution in [2.24, 2.45) is 0 Å². The summed E-state index contributed by atoms with van der Waals surface area (Å²) in [4.78, 5) is 23.0. The number of hydrogen-bond donors (Lipinski definition) is 3. The molecule has 0 aliphatic rings. The first-order valence-corrected chi connectivity index (χ1v) is 12.0. The molecule has 0 radical (unpaired) electrons. The maximum Gasteiger partial charge on any atom is 0.243 e. The molecule has 6 heteroatoms. The fourth-order valence-corrected chi connectivity index (χ4v) is 4.48. The lowest BCUT2D eigenvalue weighted by Crippen LogP contribution is -2.51. The van der Waals surface area contributed by atoms with Gasteiger partial charge in [0.05, 0.1) is 8.07 Å². The van der Waals surface area contributed by atoms with Crippen LogP contribution in [0.1, 0.15) is 46.0 Å². The number of amides is 2. The molecule has 124 valence electrons. The van der Waals surface area contributed by atoms with Gasteiger partial charge in [-0.05, 0) is 0 Å².